The van der Waals surface area contributed by atoms with Crippen molar-refractivity contribution in [2.24, 2.45) is 46.3 Å². The fourth-order valence-corrected chi connectivity index (χ4v) is 16.6. The third kappa shape index (κ3) is 15.6. The van der Waals surface area contributed by atoms with Crippen LogP contribution in [0.1, 0.15) is 219 Å². The van der Waals surface area contributed by atoms with Crippen LogP contribution in [0.5, 0.6) is 0 Å². The molecule has 8 aliphatic rings. The van der Waals surface area contributed by atoms with Gasteiger partial charge in [-0.15, -0.1) is 0 Å². The second-order valence-electron chi connectivity index (χ2n) is 22.6. The molecule has 8 bridgehead atoms. The van der Waals surface area contributed by atoms with Gasteiger partial charge in [0.1, 0.15) is 12.2 Å². The highest BCUT2D eigenvalue weighted by Crippen LogP contribution is 2.61. The Bertz CT molecular complexity index is 1130. The summed E-state index contributed by atoms with van der Waals surface area (Å²) in [6.07, 6.45) is 39.0. The molecule has 8 fully saturated rings. The second-order valence-corrected chi connectivity index (χ2v) is 24.9. The third-order valence-corrected chi connectivity index (χ3v) is 19.4. The van der Waals surface area contributed by atoms with E-state index in [0.29, 0.717) is 6.04 Å². The normalized spacial score (nSPS) is 30.9. The first-order valence-corrected chi connectivity index (χ1v) is 29.4. The smallest absolute Gasteiger partial charge is 0.312 e. The number of thioether (sulfide) groups is 2. The first-order valence-electron chi connectivity index (χ1n) is 27.1. The van der Waals surface area contributed by atoms with Gasteiger partial charge in [-0.2, -0.15) is 23.5 Å². The number of aliphatic hydroxyl groups is 1. The molecule has 8 heteroatoms. The standard InChI is InChI=1S/C54H95NO5S2/c1-4-6-8-14-22-49(59-51(57)53-34-42-28-43(35-53)30-44(29-42)36-53)40-61-26-18-10-12-20-48(55(3)24-16-17-25-56)21-13-11-19-27-62-41-50(23-15-9-7-5-2)60-52(58)54-37-45-31-46(38-54)33-47(32-45)39-54/h42-50,56H,4-41H2,1-3H3. The molecule has 0 aromatic heterocycles. The summed E-state index contributed by atoms with van der Waals surface area (Å²) in [5.74, 6) is 9.27. The number of aliphatic hydroxyl groups excluding tert-OH is 1. The molecule has 8 rings (SSSR count). The number of hydrogen-bond acceptors (Lipinski definition) is 8. The van der Waals surface area contributed by atoms with Crippen LogP contribution in [0.25, 0.3) is 0 Å². The van der Waals surface area contributed by atoms with Gasteiger partial charge in [-0.3, -0.25) is 9.59 Å². The molecule has 0 amide bonds. The van der Waals surface area contributed by atoms with E-state index in [2.05, 4.69) is 25.8 Å². The molecule has 8 saturated carbocycles. The number of hydrogen-bond donors (Lipinski definition) is 1. The molecule has 2 unspecified atom stereocenters. The highest BCUT2D eigenvalue weighted by molar-refractivity contribution is 7.99. The molecular weight excluding hydrogens is 807 g/mol. The van der Waals surface area contributed by atoms with Crippen molar-refractivity contribution in [3.8, 4) is 0 Å². The zero-order valence-corrected chi connectivity index (χ0v) is 42.0. The Morgan fingerprint density at radius 2 is 0.903 bits per heavy atom. The molecular formula is C54H95NO5S2. The first-order chi connectivity index (χ1) is 30.2. The van der Waals surface area contributed by atoms with E-state index in [9.17, 15) is 14.7 Å². The largest absolute Gasteiger partial charge is 0.461 e. The lowest BCUT2D eigenvalue weighted by atomic mass is 9.49. The number of rotatable bonds is 35. The van der Waals surface area contributed by atoms with E-state index in [1.54, 1.807) is 0 Å². The van der Waals surface area contributed by atoms with E-state index in [0.717, 1.165) is 129 Å². The number of unbranched alkanes of at least 4 members (excludes halogenated alkanes) is 11. The SMILES string of the molecule is CCCCCCC(CSCCCCCC(CCCCCSCC(CCCCCC)OC(=O)C12CC3CC(CC(C3)C1)C2)N(C)CCCCO)OC(=O)C12CC3CC(CC(C3)C1)C2. The number of ether oxygens (including phenoxy) is 2. The average molecular weight is 902 g/mol. The molecule has 0 aliphatic heterocycles. The van der Waals surface area contributed by atoms with Crippen molar-refractivity contribution in [2.75, 3.05) is 43.2 Å². The summed E-state index contributed by atoms with van der Waals surface area (Å²) in [4.78, 5) is 30.3. The molecule has 358 valence electrons. The molecule has 0 aromatic rings. The van der Waals surface area contributed by atoms with Crippen LogP contribution in [-0.4, -0.2) is 83.4 Å². The fraction of sp³-hybridized carbons (Fsp3) is 0.963. The Balaban J connectivity index is 0.864. The summed E-state index contributed by atoms with van der Waals surface area (Å²) in [5.41, 5.74) is -0.298. The quantitative estimate of drug-likeness (QED) is 0.0498. The first kappa shape index (κ1) is 51.0. The fourth-order valence-electron chi connectivity index (χ4n) is 14.4. The summed E-state index contributed by atoms with van der Waals surface area (Å²) in [6, 6.07) is 0.613. The summed E-state index contributed by atoms with van der Waals surface area (Å²) < 4.78 is 13.0. The van der Waals surface area contributed by atoms with Crippen molar-refractivity contribution in [1.29, 1.82) is 0 Å². The Labute approximate surface area is 389 Å². The van der Waals surface area contributed by atoms with Crippen molar-refractivity contribution in [2.45, 2.75) is 238 Å². The molecule has 0 radical (unpaired) electrons. The van der Waals surface area contributed by atoms with E-state index in [1.165, 1.54) is 141 Å². The van der Waals surface area contributed by atoms with E-state index < -0.39 is 0 Å². The van der Waals surface area contributed by atoms with Crippen LogP contribution < -0.4 is 0 Å². The predicted octanol–water partition coefficient (Wildman–Crippen LogP) is 13.8. The minimum atomic E-state index is -0.149. The minimum absolute atomic E-state index is 0.0818. The number of esters is 2. The predicted molar refractivity (Wildman–Crippen MR) is 263 cm³/mol. The third-order valence-electron chi connectivity index (χ3n) is 17.1. The molecule has 2 atom stereocenters. The van der Waals surface area contributed by atoms with Crippen LogP contribution in [0.3, 0.4) is 0 Å². The maximum Gasteiger partial charge on any atom is 0.312 e. The monoisotopic (exact) mass is 902 g/mol. The lowest BCUT2D eigenvalue weighted by Crippen LogP contribution is -2.51. The number of nitrogens with zero attached hydrogens (tertiary/aromatic N) is 1. The van der Waals surface area contributed by atoms with Crippen molar-refractivity contribution < 1.29 is 24.2 Å². The summed E-state index contributed by atoms with van der Waals surface area (Å²) in [7, 11) is 2.31. The topological polar surface area (TPSA) is 76.1 Å². The van der Waals surface area contributed by atoms with Crippen molar-refractivity contribution >= 4 is 35.5 Å². The maximum atomic E-state index is 13.8. The Kier molecular flexibility index (Phi) is 22.0. The van der Waals surface area contributed by atoms with Gasteiger partial charge in [-0.25, -0.2) is 0 Å². The van der Waals surface area contributed by atoms with Gasteiger partial charge in [0.2, 0.25) is 0 Å². The molecule has 0 aromatic carbocycles. The second kappa shape index (κ2) is 26.8. The average Bonchev–Trinajstić information content (AvgIpc) is 3.24. The summed E-state index contributed by atoms with van der Waals surface area (Å²) >= 11 is 4.06. The van der Waals surface area contributed by atoms with E-state index >= 15 is 0 Å². The van der Waals surface area contributed by atoms with E-state index in [-0.39, 0.29) is 41.6 Å². The molecule has 8 aliphatic carbocycles. The summed E-state index contributed by atoms with van der Waals surface area (Å²) in [5, 5.41) is 9.43. The lowest BCUT2D eigenvalue weighted by molar-refractivity contribution is -0.176. The highest BCUT2D eigenvalue weighted by Gasteiger charge is 2.57. The minimum Gasteiger partial charge on any atom is -0.461 e. The molecule has 0 heterocycles. The van der Waals surface area contributed by atoms with Crippen LogP contribution in [-0.2, 0) is 19.1 Å². The molecule has 1 N–H and O–H groups in total. The Morgan fingerprint density at radius 1 is 0.532 bits per heavy atom. The van der Waals surface area contributed by atoms with Gasteiger partial charge in [0.05, 0.1) is 10.8 Å². The van der Waals surface area contributed by atoms with Crippen LogP contribution in [0, 0.1) is 46.3 Å². The van der Waals surface area contributed by atoms with Crippen LogP contribution in [0.2, 0.25) is 0 Å². The van der Waals surface area contributed by atoms with Crippen LogP contribution in [0.15, 0.2) is 0 Å². The van der Waals surface area contributed by atoms with E-state index in [1.807, 2.05) is 23.5 Å². The molecule has 0 spiro atoms. The maximum absolute atomic E-state index is 13.8. The summed E-state index contributed by atoms with van der Waals surface area (Å²) in [6.45, 7) is 5.90. The van der Waals surface area contributed by atoms with Gasteiger partial charge < -0.3 is 19.5 Å². The lowest BCUT2D eigenvalue weighted by Gasteiger charge is -2.55. The van der Waals surface area contributed by atoms with Gasteiger partial charge >= 0.3 is 11.9 Å². The zero-order valence-electron chi connectivity index (χ0n) is 40.4. The van der Waals surface area contributed by atoms with E-state index in [4.69, 9.17) is 9.47 Å². The molecule has 0 saturated heterocycles. The van der Waals surface area contributed by atoms with Gasteiger partial charge in [0.15, 0.2) is 0 Å². The number of carbonyl (C=O) groups excluding carboxylic acids is 2. The number of carbonyl (C=O) groups is 2. The molecule has 62 heavy (non-hydrogen) atoms. The van der Waals surface area contributed by atoms with Crippen LogP contribution in [0.4, 0.5) is 0 Å². The van der Waals surface area contributed by atoms with Crippen LogP contribution >= 0.6 is 23.5 Å². The van der Waals surface area contributed by atoms with Gasteiger partial charge in [-0.05, 0) is 202 Å². The van der Waals surface area contributed by atoms with Crippen molar-refractivity contribution in [3.05, 3.63) is 0 Å². The van der Waals surface area contributed by atoms with Crippen molar-refractivity contribution in [1.82, 2.24) is 4.90 Å². The Morgan fingerprint density at radius 3 is 1.27 bits per heavy atom. The van der Waals surface area contributed by atoms with Crippen molar-refractivity contribution in [3.63, 3.8) is 0 Å². The molecule has 6 nitrogen and oxygen atoms in total. The zero-order chi connectivity index (χ0) is 43.6. The van der Waals surface area contributed by atoms with Gasteiger partial charge in [-0.1, -0.05) is 78.1 Å². The Hall–Kier alpha value is -0.440. The highest BCUT2D eigenvalue weighted by atomic mass is 32.2. The van der Waals surface area contributed by atoms with Gasteiger partial charge in [0, 0.05) is 24.2 Å². The van der Waals surface area contributed by atoms with Gasteiger partial charge in [0.25, 0.3) is 0 Å².